The molecule has 1 aliphatic rings. The smallest absolute Gasteiger partial charge is 0.363 e. The van der Waals surface area contributed by atoms with E-state index in [1.807, 2.05) is 31.2 Å². The number of esters is 1. The molecule has 0 amide bonds. The van der Waals surface area contributed by atoms with Crippen LogP contribution in [-0.2, 0) is 16.1 Å². The van der Waals surface area contributed by atoms with Crippen molar-refractivity contribution in [1.82, 2.24) is 0 Å². The van der Waals surface area contributed by atoms with E-state index in [1.54, 1.807) is 42.5 Å². The maximum absolute atomic E-state index is 12.4. The highest BCUT2D eigenvalue weighted by Crippen LogP contribution is 2.38. The highest BCUT2D eigenvalue weighted by Gasteiger charge is 2.26. The maximum atomic E-state index is 12.4. The summed E-state index contributed by atoms with van der Waals surface area (Å²) in [5, 5.41) is 0.792. The molecule has 0 fully saturated rings. The number of hydrogen-bond donors (Lipinski definition) is 0. The Morgan fingerprint density at radius 1 is 1.03 bits per heavy atom. The van der Waals surface area contributed by atoms with Crippen LogP contribution in [0.15, 0.2) is 75.8 Å². The largest absolute Gasteiger partial charge is 0.490 e. The Balaban J connectivity index is 1.63. The number of nitrogens with zero attached hydrogens (tertiary/aromatic N) is 1. The molecule has 1 aliphatic heterocycles. The molecule has 0 aliphatic carbocycles. The molecular formula is C25H18BrCl2NO4. The van der Waals surface area contributed by atoms with E-state index in [2.05, 4.69) is 20.9 Å². The van der Waals surface area contributed by atoms with Crippen molar-refractivity contribution in [1.29, 1.82) is 0 Å². The van der Waals surface area contributed by atoms with Crippen molar-refractivity contribution in [2.75, 3.05) is 6.61 Å². The Labute approximate surface area is 209 Å². The van der Waals surface area contributed by atoms with Gasteiger partial charge < -0.3 is 14.2 Å². The second kappa shape index (κ2) is 10.4. The lowest BCUT2D eigenvalue weighted by atomic mass is 10.1. The summed E-state index contributed by atoms with van der Waals surface area (Å²) < 4.78 is 18.0. The fraction of sp³-hybridized carbons (Fsp3) is 0.120. The lowest BCUT2D eigenvalue weighted by Crippen LogP contribution is -2.05. The number of benzene rings is 3. The van der Waals surface area contributed by atoms with E-state index < -0.39 is 5.97 Å². The van der Waals surface area contributed by atoms with Crippen molar-refractivity contribution in [3.8, 4) is 11.5 Å². The first-order chi connectivity index (χ1) is 16.0. The monoisotopic (exact) mass is 545 g/mol. The van der Waals surface area contributed by atoms with Crippen LogP contribution in [0.25, 0.3) is 6.08 Å². The highest BCUT2D eigenvalue weighted by molar-refractivity contribution is 9.10. The molecule has 33 heavy (non-hydrogen) atoms. The number of carbonyl (C=O) groups excluding carboxylic acids is 1. The maximum Gasteiger partial charge on any atom is 0.363 e. The minimum absolute atomic E-state index is 0.130. The van der Waals surface area contributed by atoms with E-state index >= 15 is 0 Å². The fourth-order valence-electron chi connectivity index (χ4n) is 3.16. The number of cyclic esters (lactones) is 1. The van der Waals surface area contributed by atoms with Gasteiger partial charge in [0.15, 0.2) is 17.2 Å². The number of hydrogen-bond acceptors (Lipinski definition) is 5. The minimum atomic E-state index is -0.576. The predicted octanol–water partition coefficient (Wildman–Crippen LogP) is 7.08. The Morgan fingerprint density at radius 2 is 1.79 bits per heavy atom. The number of carbonyl (C=O) groups is 1. The van der Waals surface area contributed by atoms with E-state index in [9.17, 15) is 4.79 Å². The van der Waals surface area contributed by atoms with E-state index in [0.29, 0.717) is 45.9 Å². The predicted molar refractivity (Wildman–Crippen MR) is 133 cm³/mol. The van der Waals surface area contributed by atoms with Crippen molar-refractivity contribution < 1.29 is 19.0 Å². The number of rotatable bonds is 7. The molecular weight excluding hydrogens is 529 g/mol. The van der Waals surface area contributed by atoms with Crippen LogP contribution in [0.1, 0.15) is 23.6 Å². The Bertz CT molecular complexity index is 1270. The zero-order chi connectivity index (χ0) is 23.4. The van der Waals surface area contributed by atoms with Crippen LogP contribution in [0, 0.1) is 0 Å². The molecule has 168 valence electrons. The van der Waals surface area contributed by atoms with Crippen LogP contribution in [0.3, 0.4) is 0 Å². The van der Waals surface area contributed by atoms with Crippen LogP contribution in [0.2, 0.25) is 10.0 Å². The number of ether oxygens (including phenoxy) is 3. The molecule has 0 radical (unpaired) electrons. The third-order valence-corrected chi connectivity index (χ3v) is 6.07. The van der Waals surface area contributed by atoms with E-state index in [0.717, 1.165) is 10.0 Å². The first kappa shape index (κ1) is 23.4. The minimum Gasteiger partial charge on any atom is -0.490 e. The molecule has 0 saturated carbocycles. The van der Waals surface area contributed by atoms with Crippen molar-refractivity contribution in [2.45, 2.75) is 13.5 Å². The van der Waals surface area contributed by atoms with Crippen LogP contribution in [-0.4, -0.2) is 18.5 Å². The molecule has 5 nitrogen and oxygen atoms in total. The summed E-state index contributed by atoms with van der Waals surface area (Å²) in [6, 6.07) is 18.2. The summed E-state index contributed by atoms with van der Waals surface area (Å²) in [6.45, 7) is 2.59. The standard InChI is InChI=1S/C25H18BrCl2NO4/c1-2-31-22-13-15(11-20(28)23(22)32-14-16-7-3-5-9-18(16)26)12-21-25(30)33-24(29-21)17-8-4-6-10-19(17)27/h3-13H,2,14H2,1H3/b21-12-. The third-order valence-electron chi connectivity index (χ3n) is 4.69. The van der Waals surface area contributed by atoms with E-state index in [4.69, 9.17) is 37.4 Å². The summed E-state index contributed by atoms with van der Waals surface area (Å²) in [5.74, 6) is 0.464. The summed E-state index contributed by atoms with van der Waals surface area (Å²) in [7, 11) is 0. The zero-order valence-electron chi connectivity index (χ0n) is 17.5. The molecule has 0 unspecified atom stereocenters. The molecule has 8 heteroatoms. The van der Waals surface area contributed by atoms with Gasteiger partial charge in [-0.25, -0.2) is 9.79 Å². The average molecular weight is 547 g/mol. The molecule has 0 atom stereocenters. The van der Waals surface area contributed by atoms with E-state index in [1.165, 1.54) is 0 Å². The Hall–Kier alpha value is -2.80. The molecule has 1 heterocycles. The van der Waals surface area contributed by atoms with Gasteiger partial charge in [0.05, 0.1) is 22.2 Å². The molecule has 3 aromatic carbocycles. The number of halogens is 3. The van der Waals surface area contributed by atoms with Gasteiger partial charge in [-0.1, -0.05) is 69.5 Å². The van der Waals surface area contributed by atoms with Gasteiger partial charge in [0.25, 0.3) is 0 Å². The first-order valence-electron chi connectivity index (χ1n) is 10.1. The van der Waals surface area contributed by atoms with Crippen LogP contribution >= 0.6 is 39.1 Å². The number of aliphatic imine (C=N–C) groups is 1. The van der Waals surface area contributed by atoms with Gasteiger partial charge in [-0.2, -0.15) is 0 Å². The van der Waals surface area contributed by atoms with Crippen LogP contribution in [0.4, 0.5) is 0 Å². The molecule has 4 rings (SSSR count). The lowest BCUT2D eigenvalue weighted by Gasteiger charge is -2.15. The zero-order valence-corrected chi connectivity index (χ0v) is 20.6. The second-order valence-corrected chi connectivity index (χ2v) is 8.63. The van der Waals surface area contributed by atoms with Gasteiger partial charge in [-0.05, 0) is 48.9 Å². The summed E-state index contributed by atoms with van der Waals surface area (Å²) >= 11 is 16.2. The molecule has 0 spiro atoms. The van der Waals surface area contributed by atoms with Crippen molar-refractivity contribution in [3.63, 3.8) is 0 Å². The van der Waals surface area contributed by atoms with Gasteiger partial charge in [0.1, 0.15) is 6.61 Å². The van der Waals surface area contributed by atoms with Gasteiger partial charge in [-0.15, -0.1) is 0 Å². The lowest BCUT2D eigenvalue weighted by molar-refractivity contribution is -0.129. The first-order valence-corrected chi connectivity index (χ1v) is 11.6. The normalized spacial score (nSPS) is 14.2. The molecule has 0 saturated heterocycles. The second-order valence-electron chi connectivity index (χ2n) is 6.96. The SMILES string of the molecule is CCOc1cc(/C=C2\N=C(c3ccccc3Cl)OC2=O)cc(Cl)c1OCc1ccccc1Br. The molecule has 0 N–H and O–H groups in total. The fourth-order valence-corrected chi connectivity index (χ4v) is 4.05. The van der Waals surface area contributed by atoms with Gasteiger partial charge in [0, 0.05) is 10.0 Å². The summed E-state index contributed by atoms with van der Waals surface area (Å²) in [6.07, 6.45) is 1.58. The Kier molecular flexibility index (Phi) is 7.38. The topological polar surface area (TPSA) is 57.1 Å². The van der Waals surface area contributed by atoms with Crippen LogP contribution in [0.5, 0.6) is 11.5 Å². The van der Waals surface area contributed by atoms with Gasteiger partial charge in [-0.3, -0.25) is 0 Å². The summed E-state index contributed by atoms with van der Waals surface area (Å²) in [4.78, 5) is 16.7. The Morgan fingerprint density at radius 3 is 2.55 bits per heavy atom. The highest BCUT2D eigenvalue weighted by atomic mass is 79.9. The van der Waals surface area contributed by atoms with Crippen molar-refractivity contribution in [2.24, 2.45) is 4.99 Å². The quantitative estimate of drug-likeness (QED) is 0.235. The van der Waals surface area contributed by atoms with E-state index in [-0.39, 0.29) is 11.6 Å². The van der Waals surface area contributed by atoms with Gasteiger partial charge >= 0.3 is 5.97 Å². The summed E-state index contributed by atoms with van der Waals surface area (Å²) in [5.41, 5.74) is 2.26. The van der Waals surface area contributed by atoms with Crippen LogP contribution < -0.4 is 9.47 Å². The third kappa shape index (κ3) is 5.41. The van der Waals surface area contributed by atoms with Gasteiger partial charge in [0.2, 0.25) is 5.90 Å². The molecule has 0 bridgehead atoms. The molecule has 3 aromatic rings. The van der Waals surface area contributed by atoms with Crippen molar-refractivity contribution >= 4 is 57.1 Å². The molecule has 0 aromatic heterocycles. The average Bonchev–Trinajstić information content (AvgIpc) is 3.14. The van der Waals surface area contributed by atoms with Crippen molar-refractivity contribution in [3.05, 3.63) is 97.6 Å².